The molecule has 14 heavy (non-hydrogen) atoms. The minimum absolute atomic E-state index is 0.0278. The Bertz CT molecular complexity index is 293. The third-order valence-corrected chi connectivity index (χ3v) is 2.08. The molecule has 6 nitrogen and oxygen atoms in total. The van der Waals surface area contributed by atoms with Gasteiger partial charge in [-0.25, -0.2) is 0 Å². The van der Waals surface area contributed by atoms with Crippen LogP contribution in [0.5, 0.6) is 0 Å². The lowest BCUT2D eigenvalue weighted by Gasteiger charge is -2.20. The zero-order valence-corrected chi connectivity index (χ0v) is 8.06. The van der Waals surface area contributed by atoms with Crippen molar-refractivity contribution in [1.82, 2.24) is 15.5 Å². The lowest BCUT2D eigenvalue weighted by Crippen LogP contribution is -2.35. The Labute approximate surface area is 81.8 Å². The summed E-state index contributed by atoms with van der Waals surface area (Å²) in [6.45, 7) is 3.93. The third-order valence-electron chi connectivity index (χ3n) is 2.08. The Kier molecular flexibility index (Phi) is 2.76. The molecular weight excluding hydrogens is 184 g/mol. The summed E-state index contributed by atoms with van der Waals surface area (Å²) in [5.74, 6) is 1.09. The van der Waals surface area contributed by atoms with E-state index in [1.54, 1.807) is 0 Å². The molecule has 1 saturated heterocycles. The van der Waals surface area contributed by atoms with Gasteiger partial charge in [-0.3, -0.25) is 0 Å². The Hall–Kier alpha value is -0.980. The molecule has 2 heterocycles. The summed E-state index contributed by atoms with van der Waals surface area (Å²) in [4.78, 5) is 4.19. The van der Waals surface area contributed by atoms with Crippen molar-refractivity contribution in [2.75, 3.05) is 19.8 Å². The highest BCUT2D eigenvalue weighted by atomic mass is 16.5. The first-order valence-corrected chi connectivity index (χ1v) is 4.67. The van der Waals surface area contributed by atoms with Crippen molar-refractivity contribution < 1.29 is 9.26 Å². The Morgan fingerprint density at radius 2 is 2.50 bits per heavy atom. The zero-order valence-electron chi connectivity index (χ0n) is 8.06. The van der Waals surface area contributed by atoms with Crippen LogP contribution in [0.4, 0.5) is 0 Å². The molecule has 1 aromatic rings. The molecule has 6 heteroatoms. The van der Waals surface area contributed by atoms with Crippen LogP contribution >= 0.6 is 0 Å². The van der Waals surface area contributed by atoms with Gasteiger partial charge >= 0.3 is 0 Å². The molecule has 0 spiro atoms. The topological polar surface area (TPSA) is 86.2 Å². The van der Waals surface area contributed by atoms with Gasteiger partial charge < -0.3 is 20.3 Å². The Morgan fingerprint density at radius 1 is 1.64 bits per heavy atom. The monoisotopic (exact) mass is 198 g/mol. The summed E-state index contributed by atoms with van der Waals surface area (Å²) in [7, 11) is 0. The number of hydrogen-bond donors (Lipinski definition) is 2. The second kappa shape index (κ2) is 4.04. The highest BCUT2D eigenvalue weighted by molar-refractivity contribution is 4.97. The van der Waals surface area contributed by atoms with Crippen LogP contribution in [0.15, 0.2) is 4.52 Å². The molecule has 0 amide bonds. The summed E-state index contributed by atoms with van der Waals surface area (Å²) in [5, 5.41) is 7.09. The largest absolute Gasteiger partial charge is 0.378 e. The van der Waals surface area contributed by atoms with Crippen molar-refractivity contribution in [2.45, 2.75) is 19.0 Å². The number of ether oxygens (including phenoxy) is 1. The van der Waals surface area contributed by atoms with Crippen molar-refractivity contribution in [3.63, 3.8) is 0 Å². The van der Waals surface area contributed by atoms with E-state index in [2.05, 4.69) is 15.5 Å². The molecule has 0 bridgehead atoms. The van der Waals surface area contributed by atoms with E-state index in [1.807, 2.05) is 6.92 Å². The van der Waals surface area contributed by atoms with E-state index >= 15 is 0 Å². The van der Waals surface area contributed by atoms with Crippen LogP contribution in [0, 0.1) is 0 Å². The van der Waals surface area contributed by atoms with Crippen LogP contribution in [-0.2, 0) is 4.74 Å². The van der Waals surface area contributed by atoms with Crippen LogP contribution in [0.25, 0.3) is 0 Å². The molecule has 0 radical (unpaired) electrons. The predicted molar refractivity (Wildman–Crippen MR) is 48.5 cm³/mol. The van der Waals surface area contributed by atoms with Gasteiger partial charge in [0.15, 0.2) is 5.82 Å². The van der Waals surface area contributed by atoms with E-state index in [1.165, 1.54) is 0 Å². The van der Waals surface area contributed by atoms with Gasteiger partial charge in [-0.1, -0.05) is 5.16 Å². The number of nitrogens with one attached hydrogen (secondary N) is 1. The minimum atomic E-state index is -0.222. The lowest BCUT2D eigenvalue weighted by atomic mass is 10.2. The van der Waals surface area contributed by atoms with Gasteiger partial charge in [-0.2, -0.15) is 4.98 Å². The fraction of sp³-hybridized carbons (Fsp3) is 0.750. The quantitative estimate of drug-likeness (QED) is 0.681. The van der Waals surface area contributed by atoms with Gasteiger partial charge in [0.1, 0.15) is 0 Å². The number of nitrogens with two attached hydrogens (primary N) is 1. The SMILES string of the molecule is CC(N)c1nc(C2COCCN2)no1. The summed E-state index contributed by atoms with van der Waals surface area (Å²) in [5.41, 5.74) is 5.61. The fourth-order valence-corrected chi connectivity index (χ4v) is 1.31. The van der Waals surface area contributed by atoms with E-state index in [0.717, 1.165) is 13.2 Å². The summed E-state index contributed by atoms with van der Waals surface area (Å²) in [6, 6.07) is -0.194. The van der Waals surface area contributed by atoms with E-state index in [9.17, 15) is 0 Å². The maximum absolute atomic E-state index is 5.61. The molecule has 0 saturated carbocycles. The Balaban J connectivity index is 2.07. The molecular formula is C8H14N4O2. The minimum Gasteiger partial charge on any atom is -0.378 e. The second-order valence-corrected chi connectivity index (χ2v) is 3.36. The first kappa shape index (κ1) is 9.57. The lowest BCUT2D eigenvalue weighted by molar-refractivity contribution is 0.0734. The molecule has 1 aliphatic heterocycles. The molecule has 2 atom stereocenters. The first-order chi connectivity index (χ1) is 6.77. The van der Waals surface area contributed by atoms with Gasteiger partial charge in [0.2, 0.25) is 5.89 Å². The van der Waals surface area contributed by atoms with Crippen molar-refractivity contribution in [2.24, 2.45) is 5.73 Å². The molecule has 2 unspecified atom stereocenters. The number of morpholine rings is 1. The van der Waals surface area contributed by atoms with E-state index in [-0.39, 0.29) is 12.1 Å². The van der Waals surface area contributed by atoms with Gasteiger partial charge in [-0.15, -0.1) is 0 Å². The molecule has 78 valence electrons. The van der Waals surface area contributed by atoms with Gasteiger partial charge in [0.25, 0.3) is 0 Å². The normalized spacial score (nSPS) is 24.9. The van der Waals surface area contributed by atoms with E-state index in [0.29, 0.717) is 18.3 Å². The molecule has 1 fully saturated rings. The third kappa shape index (κ3) is 1.92. The number of aromatic nitrogens is 2. The number of hydrogen-bond acceptors (Lipinski definition) is 6. The average molecular weight is 198 g/mol. The van der Waals surface area contributed by atoms with Gasteiger partial charge in [-0.05, 0) is 6.92 Å². The standard InChI is InChI=1S/C8H14N4O2/c1-5(9)8-11-7(12-14-8)6-4-13-3-2-10-6/h5-6,10H,2-4,9H2,1H3. The maximum Gasteiger partial charge on any atom is 0.243 e. The van der Waals surface area contributed by atoms with Crippen molar-refractivity contribution in [1.29, 1.82) is 0 Å². The van der Waals surface area contributed by atoms with Crippen LogP contribution in [-0.4, -0.2) is 29.9 Å². The average Bonchev–Trinajstić information content (AvgIpc) is 2.68. The number of nitrogens with zero attached hydrogens (tertiary/aromatic N) is 2. The summed E-state index contributed by atoms with van der Waals surface area (Å²) in [6.07, 6.45) is 0. The van der Waals surface area contributed by atoms with Crippen molar-refractivity contribution in [3.05, 3.63) is 11.7 Å². The molecule has 0 aliphatic carbocycles. The highest BCUT2D eigenvalue weighted by Gasteiger charge is 2.21. The number of rotatable bonds is 2. The summed E-state index contributed by atoms with van der Waals surface area (Å²) >= 11 is 0. The van der Waals surface area contributed by atoms with E-state index in [4.69, 9.17) is 15.0 Å². The molecule has 3 N–H and O–H groups in total. The predicted octanol–water partition coefficient (Wildman–Crippen LogP) is -0.250. The van der Waals surface area contributed by atoms with E-state index < -0.39 is 0 Å². The van der Waals surface area contributed by atoms with Crippen molar-refractivity contribution >= 4 is 0 Å². The smallest absolute Gasteiger partial charge is 0.243 e. The zero-order chi connectivity index (χ0) is 9.97. The first-order valence-electron chi connectivity index (χ1n) is 4.67. The fourth-order valence-electron chi connectivity index (χ4n) is 1.31. The Morgan fingerprint density at radius 3 is 3.07 bits per heavy atom. The van der Waals surface area contributed by atoms with Crippen LogP contribution in [0.2, 0.25) is 0 Å². The summed E-state index contributed by atoms with van der Waals surface area (Å²) < 4.78 is 10.3. The second-order valence-electron chi connectivity index (χ2n) is 3.36. The molecule has 1 aromatic heterocycles. The highest BCUT2D eigenvalue weighted by Crippen LogP contribution is 2.14. The van der Waals surface area contributed by atoms with Crippen LogP contribution < -0.4 is 11.1 Å². The van der Waals surface area contributed by atoms with Crippen LogP contribution in [0.3, 0.4) is 0 Å². The maximum atomic E-state index is 5.61. The van der Waals surface area contributed by atoms with Crippen LogP contribution in [0.1, 0.15) is 30.7 Å². The van der Waals surface area contributed by atoms with Gasteiger partial charge in [0.05, 0.1) is 25.3 Å². The van der Waals surface area contributed by atoms with Gasteiger partial charge in [0, 0.05) is 6.54 Å². The molecule has 0 aromatic carbocycles. The molecule has 1 aliphatic rings. The van der Waals surface area contributed by atoms with Crippen molar-refractivity contribution in [3.8, 4) is 0 Å². The molecule has 2 rings (SSSR count).